The van der Waals surface area contributed by atoms with Gasteiger partial charge in [-0.05, 0) is 30.9 Å². The number of carboxylic acids is 1. The summed E-state index contributed by atoms with van der Waals surface area (Å²) in [6.07, 6.45) is -0.119. The Labute approximate surface area is 121 Å². The summed E-state index contributed by atoms with van der Waals surface area (Å²) in [6, 6.07) is 4.03. The summed E-state index contributed by atoms with van der Waals surface area (Å²) in [5.41, 5.74) is -0.991. The zero-order valence-electron chi connectivity index (χ0n) is 11.5. The van der Waals surface area contributed by atoms with E-state index in [1.165, 1.54) is 18.2 Å². The minimum absolute atomic E-state index is 0.127. The Balaban J connectivity index is 2.23. The predicted octanol–water partition coefficient (Wildman–Crippen LogP) is 4.15. The van der Waals surface area contributed by atoms with E-state index < -0.39 is 23.8 Å². The lowest BCUT2D eigenvalue weighted by molar-refractivity contribution is -0.140. The topological polar surface area (TPSA) is 49.3 Å². The molecule has 1 unspecified atom stereocenters. The van der Waals surface area contributed by atoms with Crippen LogP contribution in [0.4, 0.5) is 18.9 Å². The van der Waals surface area contributed by atoms with E-state index in [-0.39, 0.29) is 11.6 Å². The molecule has 0 heterocycles. The molecule has 3 nitrogen and oxygen atoms in total. The molecule has 0 radical (unpaired) electrons. The molecule has 1 aromatic rings. The number of benzene rings is 1. The van der Waals surface area contributed by atoms with Crippen molar-refractivity contribution in [2.45, 2.75) is 44.3 Å². The summed E-state index contributed by atoms with van der Waals surface area (Å²) in [7, 11) is 0. The highest BCUT2D eigenvalue weighted by molar-refractivity contribution is 5.78. The van der Waals surface area contributed by atoms with Crippen molar-refractivity contribution in [3.63, 3.8) is 0 Å². The van der Waals surface area contributed by atoms with Crippen LogP contribution in [0.1, 0.15) is 37.7 Å². The number of aliphatic carboxylic acids is 1. The zero-order valence-corrected chi connectivity index (χ0v) is 11.5. The second-order valence-corrected chi connectivity index (χ2v) is 5.40. The maximum Gasteiger partial charge on any atom is 0.418 e. The molecule has 6 heteroatoms. The van der Waals surface area contributed by atoms with Crippen LogP contribution in [0.2, 0.25) is 0 Å². The van der Waals surface area contributed by atoms with Crippen molar-refractivity contribution in [2.24, 2.45) is 5.92 Å². The highest BCUT2D eigenvalue weighted by Crippen LogP contribution is 2.36. The quantitative estimate of drug-likeness (QED) is 0.878. The average molecular weight is 301 g/mol. The molecule has 116 valence electrons. The van der Waals surface area contributed by atoms with Gasteiger partial charge in [-0.3, -0.25) is 0 Å². The predicted molar refractivity (Wildman–Crippen MR) is 73.1 cm³/mol. The van der Waals surface area contributed by atoms with Crippen LogP contribution in [-0.2, 0) is 11.0 Å². The summed E-state index contributed by atoms with van der Waals surface area (Å²) in [5, 5.41) is 11.9. The first-order valence-corrected chi connectivity index (χ1v) is 7.05. The van der Waals surface area contributed by atoms with E-state index in [0.29, 0.717) is 0 Å². The third-order valence-corrected chi connectivity index (χ3v) is 3.93. The van der Waals surface area contributed by atoms with Crippen LogP contribution in [0.15, 0.2) is 24.3 Å². The fraction of sp³-hybridized carbons (Fsp3) is 0.533. The molecule has 2 N–H and O–H groups in total. The number of para-hydroxylation sites is 1. The van der Waals surface area contributed by atoms with E-state index in [0.717, 1.165) is 38.2 Å². The minimum Gasteiger partial charge on any atom is -0.480 e. The van der Waals surface area contributed by atoms with Gasteiger partial charge in [0.25, 0.3) is 0 Å². The van der Waals surface area contributed by atoms with Crippen molar-refractivity contribution in [2.75, 3.05) is 5.32 Å². The van der Waals surface area contributed by atoms with Crippen molar-refractivity contribution in [3.05, 3.63) is 29.8 Å². The lowest BCUT2D eigenvalue weighted by atomic mass is 9.83. The van der Waals surface area contributed by atoms with Crippen LogP contribution in [0.5, 0.6) is 0 Å². The summed E-state index contributed by atoms with van der Waals surface area (Å²) in [5.74, 6) is -1.23. The second kappa shape index (κ2) is 6.37. The van der Waals surface area contributed by atoms with Crippen LogP contribution in [0.25, 0.3) is 0 Å². The lowest BCUT2D eigenvalue weighted by Gasteiger charge is -2.29. The first-order chi connectivity index (χ1) is 9.89. The molecular formula is C15H18F3NO2. The summed E-state index contributed by atoms with van der Waals surface area (Å²) < 4.78 is 38.9. The smallest absolute Gasteiger partial charge is 0.418 e. The van der Waals surface area contributed by atoms with Crippen molar-refractivity contribution in [3.8, 4) is 0 Å². The zero-order chi connectivity index (χ0) is 15.5. The molecule has 1 fully saturated rings. The van der Waals surface area contributed by atoms with Crippen LogP contribution in [-0.4, -0.2) is 17.1 Å². The molecular weight excluding hydrogens is 283 g/mol. The van der Waals surface area contributed by atoms with E-state index in [1.54, 1.807) is 0 Å². The summed E-state index contributed by atoms with van der Waals surface area (Å²) in [6.45, 7) is 0. The van der Waals surface area contributed by atoms with E-state index in [1.807, 2.05) is 0 Å². The Morgan fingerprint density at radius 1 is 1.19 bits per heavy atom. The van der Waals surface area contributed by atoms with E-state index >= 15 is 0 Å². The van der Waals surface area contributed by atoms with Crippen molar-refractivity contribution in [1.82, 2.24) is 0 Å². The van der Waals surface area contributed by atoms with E-state index in [9.17, 15) is 23.1 Å². The third kappa shape index (κ3) is 3.89. The van der Waals surface area contributed by atoms with Gasteiger partial charge in [0, 0.05) is 5.69 Å². The molecule has 1 aromatic carbocycles. The summed E-state index contributed by atoms with van der Waals surface area (Å²) >= 11 is 0. The maximum atomic E-state index is 13.0. The third-order valence-electron chi connectivity index (χ3n) is 3.93. The van der Waals surface area contributed by atoms with Gasteiger partial charge in [0.1, 0.15) is 6.04 Å². The molecule has 0 saturated heterocycles. The monoisotopic (exact) mass is 301 g/mol. The number of alkyl halides is 3. The highest BCUT2D eigenvalue weighted by Gasteiger charge is 2.36. The number of carboxylic acid groups (broad SMARTS) is 1. The number of hydrogen-bond acceptors (Lipinski definition) is 2. The lowest BCUT2D eigenvalue weighted by Crippen LogP contribution is -2.38. The Morgan fingerprint density at radius 3 is 2.38 bits per heavy atom. The molecule has 0 amide bonds. The molecule has 0 spiro atoms. The molecule has 1 aliphatic rings. The van der Waals surface area contributed by atoms with Gasteiger partial charge in [-0.1, -0.05) is 31.4 Å². The van der Waals surface area contributed by atoms with Crippen LogP contribution >= 0.6 is 0 Å². The minimum atomic E-state index is -4.50. The molecule has 1 aliphatic carbocycles. The van der Waals surface area contributed by atoms with E-state index in [2.05, 4.69) is 5.32 Å². The van der Waals surface area contributed by atoms with Crippen LogP contribution in [0.3, 0.4) is 0 Å². The van der Waals surface area contributed by atoms with Crippen molar-refractivity contribution >= 4 is 11.7 Å². The number of carbonyl (C=O) groups is 1. The molecule has 0 bridgehead atoms. The van der Waals surface area contributed by atoms with Gasteiger partial charge < -0.3 is 10.4 Å². The van der Waals surface area contributed by atoms with Crippen molar-refractivity contribution in [1.29, 1.82) is 0 Å². The van der Waals surface area contributed by atoms with Gasteiger partial charge in [0.15, 0.2) is 0 Å². The fourth-order valence-corrected chi connectivity index (χ4v) is 2.87. The fourth-order valence-electron chi connectivity index (χ4n) is 2.87. The van der Waals surface area contributed by atoms with Crippen molar-refractivity contribution < 1.29 is 23.1 Å². The highest BCUT2D eigenvalue weighted by atomic mass is 19.4. The number of hydrogen-bond donors (Lipinski definition) is 2. The first-order valence-electron chi connectivity index (χ1n) is 7.05. The number of anilines is 1. The van der Waals surface area contributed by atoms with Gasteiger partial charge in [-0.15, -0.1) is 0 Å². The Morgan fingerprint density at radius 2 is 1.81 bits per heavy atom. The van der Waals surface area contributed by atoms with Gasteiger partial charge in [0.2, 0.25) is 0 Å². The van der Waals surface area contributed by atoms with Gasteiger partial charge >= 0.3 is 12.1 Å². The van der Waals surface area contributed by atoms with Crippen LogP contribution < -0.4 is 5.32 Å². The van der Waals surface area contributed by atoms with Gasteiger partial charge in [0.05, 0.1) is 5.56 Å². The first kappa shape index (κ1) is 15.7. The standard InChI is InChI=1S/C15H18F3NO2/c16-15(17,18)11-8-4-5-9-12(11)19-13(14(20)21)10-6-2-1-3-7-10/h4-5,8-10,13,19H,1-3,6-7H2,(H,20,21). The number of halogens is 3. The van der Waals surface area contributed by atoms with Gasteiger partial charge in [-0.2, -0.15) is 13.2 Å². The Kier molecular flexibility index (Phi) is 4.75. The molecule has 0 aliphatic heterocycles. The molecule has 1 saturated carbocycles. The molecule has 21 heavy (non-hydrogen) atoms. The largest absolute Gasteiger partial charge is 0.480 e. The molecule has 1 atom stereocenters. The molecule has 2 rings (SSSR count). The Bertz CT molecular complexity index is 496. The average Bonchev–Trinajstić information content (AvgIpc) is 2.44. The Hall–Kier alpha value is -1.72. The molecule has 0 aromatic heterocycles. The SMILES string of the molecule is O=C(O)C(Nc1ccccc1C(F)(F)F)C1CCCCC1. The number of rotatable bonds is 4. The number of nitrogens with one attached hydrogen (secondary N) is 1. The maximum absolute atomic E-state index is 13.0. The van der Waals surface area contributed by atoms with Gasteiger partial charge in [-0.25, -0.2) is 4.79 Å². The van der Waals surface area contributed by atoms with E-state index in [4.69, 9.17) is 0 Å². The summed E-state index contributed by atoms with van der Waals surface area (Å²) in [4.78, 5) is 11.4. The van der Waals surface area contributed by atoms with Crippen LogP contribution in [0, 0.1) is 5.92 Å². The second-order valence-electron chi connectivity index (χ2n) is 5.40. The normalized spacial score (nSPS) is 18.2.